The number of benzene rings is 2. The van der Waals surface area contributed by atoms with Crippen molar-refractivity contribution in [3.63, 3.8) is 0 Å². The Hall–Kier alpha value is -2.27. The van der Waals surface area contributed by atoms with Gasteiger partial charge in [-0.15, -0.1) is 0 Å². The Morgan fingerprint density at radius 1 is 1.19 bits per heavy atom. The summed E-state index contributed by atoms with van der Waals surface area (Å²) in [7, 11) is 0. The van der Waals surface area contributed by atoms with Gasteiger partial charge in [0, 0.05) is 18.2 Å². The molecule has 1 unspecified atom stereocenters. The quantitative estimate of drug-likeness (QED) is 0.908. The summed E-state index contributed by atoms with van der Waals surface area (Å²) in [5.41, 5.74) is 1.57. The summed E-state index contributed by atoms with van der Waals surface area (Å²) >= 11 is 0. The highest BCUT2D eigenvalue weighted by atomic mass is 19.1. The molecule has 2 aromatic rings. The van der Waals surface area contributed by atoms with Gasteiger partial charge in [-0.05, 0) is 42.8 Å². The molecule has 1 heterocycles. The normalized spacial score (nSPS) is 14.2. The highest BCUT2D eigenvalue weighted by Gasteiger charge is 2.15. The smallest absolute Gasteiger partial charge is 0.231 e. The molecule has 0 bridgehead atoms. The summed E-state index contributed by atoms with van der Waals surface area (Å²) in [6, 6.07) is 9.70. The number of hydrogen-bond acceptors (Lipinski definition) is 4. The number of aromatic hydroxyl groups is 1. The van der Waals surface area contributed by atoms with E-state index in [0.717, 1.165) is 17.1 Å². The molecule has 0 spiro atoms. The molecule has 0 saturated carbocycles. The average Bonchev–Trinajstić information content (AvgIpc) is 2.95. The van der Waals surface area contributed by atoms with Crippen LogP contribution in [0.5, 0.6) is 17.2 Å². The molecule has 21 heavy (non-hydrogen) atoms. The minimum Gasteiger partial charge on any atom is -0.508 e. The van der Waals surface area contributed by atoms with Crippen LogP contribution in [-0.4, -0.2) is 11.9 Å². The van der Waals surface area contributed by atoms with Crippen molar-refractivity contribution in [3.8, 4) is 17.2 Å². The van der Waals surface area contributed by atoms with Crippen LogP contribution in [0.4, 0.5) is 4.39 Å². The topological polar surface area (TPSA) is 50.7 Å². The lowest BCUT2D eigenvalue weighted by Crippen LogP contribution is -2.18. The second-order valence-electron chi connectivity index (χ2n) is 4.99. The number of rotatable bonds is 4. The van der Waals surface area contributed by atoms with E-state index in [1.54, 1.807) is 0 Å². The Labute approximate surface area is 122 Å². The molecule has 0 aromatic heterocycles. The molecule has 4 nitrogen and oxygen atoms in total. The van der Waals surface area contributed by atoms with Gasteiger partial charge in [0.2, 0.25) is 6.79 Å². The molecule has 2 aromatic carbocycles. The van der Waals surface area contributed by atoms with Crippen molar-refractivity contribution < 1.29 is 19.0 Å². The molecular weight excluding hydrogens is 273 g/mol. The monoisotopic (exact) mass is 289 g/mol. The predicted molar refractivity (Wildman–Crippen MR) is 75.9 cm³/mol. The zero-order chi connectivity index (χ0) is 14.8. The van der Waals surface area contributed by atoms with Gasteiger partial charge in [0.15, 0.2) is 11.5 Å². The Morgan fingerprint density at radius 3 is 2.86 bits per heavy atom. The van der Waals surface area contributed by atoms with Crippen molar-refractivity contribution in [2.45, 2.75) is 19.5 Å². The van der Waals surface area contributed by atoms with Gasteiger partial charge in [0.25, 0.3) is 0 Å². The number of nitrogens with one attached hydrogen (secondary N) is 1. The van der Waals surface area contributed by atoms with Crippen LogP contribution in [0.2, 0.25) is 0 Å². The Morgan fingerprint density at radius 2 is 2.00 bits per heavy atom. The van der Waals surface area contributed by atoms with Gasteiger partial charge in [-0.2, -0.15) is 0 Å². The number of hydrogen-bond donors (Lipinski definition) is 2. The number of fused-ring (bicyclic) bond motifs is 1. The second kappa shape index (κ2) is 5.61. The zero-order valence-electron chi connectivity index (χ0n) is 11.6. The van der Waals surface area contributed by atoms with Crippen LogP contribution in [0.25, 0.3) is 0 Å². The summed E-state index contributed by atoms with van der Waals surface area (Å²) in [5, 5.41) is 13.0. The number of phenols is 1. The third-order valence-corrected chi connectivity index (χ3v) is 3.54. The molecule has 1 aliphatic heterocycles. The van der Waals surface area contributed by atoms with E-state index in [2.05, 4.69) is 5.32 Å². The van der Waals surface area contributed by atoms with Crippen molar-refractivity contribution in [3.05, 3.63) is 53.3 Å². The van der Waals surface area contributed by atoms with Crippen molar-refractivity contribution in [2.24, 2.45) is 0 Å². The summed E-state index contributed by atoms with van der Waals surface area (Å²) in [6.45, 7) is 2.62. The average molecular weight is 289 g/mol. The number of halogens is 1. The van der Waals surface area contributed by atoms with E-state index in [1.165, 1.54) is 18.2 Å². The van der Waals surface area contributed by atoms with Crippen molar-refractivity contribution in [2.75, 3.05) is 6.79 Å². The fourth-order valence-electron chi connectivity index (χ4n) is 2.26. The van der Waals surface area contributed by atoms with Crippen molar-refractivity contribution in [1.29, 1.82) is 0 Å². The van der Waals surface area contributed by atoms with E-state index in [4.69, 9.17) is 9.47 Å². The molecule has 1 aliphatic rings. The third-order valence-electron chi connectivity index (χ3n) is 3.54. The summed E-state index contributed by atoms with van der Waals surface area (Å²) in [5.74, 6) is 1.20. The fourth-order valence-corrected chi connectivity index (χ4v) is 2.26. The third kappa shape index (κ3) is 2.92. The largest absolute Gasteiger partial charge is 0.508 e. The Bertz CT molecular complexity index is 660. The summed E-state index contributed by atoms with van der Waals surface area (Å²) < 4.78 is 23.8. The molecule has 0 aliphatic carbocycles. The number of ether oxygens (including phenoxy) is 2. The maximum Gasteiger partial charge on any atom is 0.231 e. The zero-order valence-corrected chi connectivity index (χ0v) is 11.6. The maximum absolute atomic E-state index is 13.2. The first-order valence-electron chi connectivity index (χ1n) is 6.74. The number of phenolic OH excluding ortho intramolecular Hbond substituents is 1. The maximum atomic E-state index is 13.2. The Kier molecular flexibility index (Phi) is 3.66. The van der Waals surface area contributed by atoms with Crippen LogP contribution >= 0.6 is 0 Å². The van der Waals surface area contributed by atoms with Crippen molar-refractivity contribution >= 4 is 0 Å². The van der Waals surface area contributed by atoms with Gasteiger partial charge in [0.1, 0.15) is 11.6 Å². The lowest BCUT2D eigenvalue weighted by atomic mass is 10.1. The van der Waals surface area contributed by atoms with Crippen LogP contribution in [0.15, 0.2) is 36.4 Å². The SMILES string of the molecule is CC(NCc1cc(F)ccc1O)c1ccc2c(c1)OCO2. The molecule has 110 valence electrons. The van der Waals surface area contributed by atoms with Gasteiger partial charge in [0.05, 0.1) is 0 Å². The first-order chi connectivity index (χ1) is 10.1. The summed E-state index contributed by atoms with van der Waals surface area (Å²) in [4.78, 5) is 0. The van der Waals surface area contributed by atoms with Crippen LogP contribution in [-0.2, 0) is 6.54 Å². The summed E-state index contributed by atoms with van der Waals surface area (Å²) in [6.07, 6.45) is 0. The minimum absolute atomic E-state index is 0.0298. The first-order valence-corrected chi connectivity index (χ1v) is 6.74. The molecule has 1 atom stereocenters. The second-order valence-corrected chi connectivity index (χ2v) is 4.99. The Balaban J connectivity index is 1.69. The molecule has 2 N–H and O–H groups in total. The molecule has 5 heteroatoms. The van der Waals surface area contributed by atoms with Crippen LogP contribution in [0, 0.1) is 5.82 Å². The lowest BCUT2D eigenvalue weighted by Gasteiger charge is -2.15. The van der Waals surface area contributed by atoms with Gasteiger partial charge in [-0.3, -0.25) is 0 Å². The fraction of sp³-hybridized carbons (Fsp3) is 0.250. The lowest BCUT2D eigenvalue weighted by molar-refractivity contribution is 0.174. The van der Waals surface area contributed by atoms with Gasteiger partial charge < -0.3 is 19.9 Å². The van der Waals surface area contributed by atoms with Gasteiger partial charge in [-0.25, -0.2) is 4.39 Å². The van der Waals surface area contributed by atoms with E-state index in [0.29, 0.717) is 12.1 Å². The van der Waals surface area contributed by atoms with E-state index in [-0.39, 0.29) is 24.4 Å². The van der Waals surface area contributed by atoms with Crippen LogP contribution < -0.4 is 14.8 Å². The van der Waals surface area contributed by atoms with Crippen LogP contribution in [0.3, 0.4) is 0 Å². The highest BCUT2D eigenvalue weighted by molar-refractivity contribution is 5.45. The van der Waals surface area contributed by atoms with Gasteiger partial charge >= 0.3 is 0 Å². The van der Waals surface area contributed by atoms with E-state index in [9.17, 15) is 9.50 Å². The van der Waals surface area contributed by atoms with E-state index in [1.807, 2.05) is 25.1 Å². The van der Waals surface area contributed by atoms with E-state index < -0.39 is 0 Å². The molecule has 0 fully saturated rings. The molecular formula is C16H16FNO3. The standard InChI is InChI=1S/C16H16FNO3/c1-10(11-2-5-15-16(7-11)21-9-20-15)18-8-12-6-13(17)3-4-14(12)19/h2-7,10,18-19H,8-9H2,1H3. The minimum atomic E-state index is -0.361. The van der Waals surface area contributed by atoms with Gasteiger partial charge in [-0.1, -0.05) is 6.07 Å². The molecule has 0 saturated heterocycles. The van der Waals surface area contributed by atoms with Crippen LogP contribution in [0.1, 0.15) is 24.1 Å². The molecule has 0 radical (unpaired) electrons. The predicted octanol–water partition coefficient (Wildman–Crippen LogP) is 3.11. The van der Waals surface area contributed by atoms with Crippen molar-refractivity contribution in [1.82, 2.24) is 5.32 Å². The first kappa shape index (κ1) is 13.7. The molecule has 0 amide bonds. The van der Waals surface area contributed by atoms with E-state index >= 15 is 0 Å². The molecule has 3 rings (SSSR count). The highest BCUT2D eigenvalue weighted by Crippen LogP contribution is 2.34.